The van der Waals surface area contributed by atoms with Crippen molar-refractivity contribution >= 4 is 5.84 Å². The standard InChI is InChI=1S/C7H17N3O2/c1-5(4-11)10(3)6(2)7(8)9-12/h5-6,11-12H,4H2,1-3H3,(H2,8,9). The predicted molar refractivity (Wildman–Crippen MR) is 47.2 cm³/mol. The van der Waals surface area contributed by atoms with Crippen molar-refractivity contribution in [2.75, 3.05) is 13.7 Å². The Morgan fingerprint density at radius 2 is 2.08 bits per heavy atom. The van der Waals surface area contributed by atoms with Gasteiger partial charge in [-0.05, 0) is 20.9 Å². The van der Waals surface area contributed by atoms with Gasteiger partial charge in [-0.15, -0.1) is 0 Å². The summed E-state index contributed by atoms with van der Waals surface area (Å²) < 4.78 is 0. The average molecular weight is 175 g/mol. The molecule has 0 spiro atoms. The first kappa shape index (κ1) is 11.2. The maximum absolute atomic E-state index is 8.82. The minimum absolute atomic E-state index is 0.000278. The fourth-order valence-electron chi connectivity index (χ4n) is 0.803. The summed E-state index contributed by atoms with van der Waals surface area (Å²) in [6.45, 7) is 3.72. The van der Waals surface area contributed by atoms with Gasteiger partial charge in [0, 0.05) is 6.04 Å². The monoisotopic (exact) mass is 175 g/mol. The number of rotatable bonds is 4. The van der Waals surface area contributed by atoms with Gasteiger partial charge in [-0.25, -0.2) is 0 Å². The lowest BCUT2D eigenvalue weighted by atomic mass is 10.2. The van der Waals surface area contributed by atoms with Gasteiger partial charge in [-0.1, -0.05) is 5.16 Å². The van der Waals surface area contributed by atoms with E-state index in [0.717, 1.165) is 0 Å². The number of oxime groups is 1. The van der Waals surface area contributed by atoms with Crippen LogP contribution in [0.15, 0.2) is 5.16 Å². The highest BCUT2D eigenvalue weighted by Crippen LogP contribution is 2.01. The highest BCUT2D eigenvalue weighted by atomic mass is 16.4. The normalized spacial score (nSPS) is 17.9. The number of nitrogens with zero attached hydrogens (tertiary/aromatic N) is 2. The van der Waals surface area contributed by atoms with Gasteiger partial charge in [-0.2, -0.15) is 0 Å². The first-order valence-corrected chi connectivity index (χ1v) is 3.84. The van der Waals surface area contributed by atoms with E-state index in [1.54, 1.807) is 6.92 Å². The van der Waals surface area contributed by atoms with Gasteiger partial charge in [0.1, 0.15) is 0 Å². The molecule has 2 atom stereocenters. The van der Waals surface area contributed by atoms with E-state index in [1.807, 2.05) is 18.9 Å². The summed E-state index contributed by atoms with van der Waals surface area (Å²) in [5.41, 5.74) is 5.39. The van der Waals surface area contributed by atoms with E-state index in [0.29, 0.717) is 0 Å². The van der Waals surface area contributed by atoms with E-state index in [4.69, 9.17) is 16.0 Å². The van der Waals surface area contributed by atoms with Crippen LogP contribution in [0, 0.1) is 0 Å². The third-order valence-electron chi connectivity index (χ3n) is 2.11. The van der Waals surface area contributed by atoms with Crippen molar-refractivity contribution in [1.29, 1.82) is 0 Å². The Bertz CT molecular complexity index is 161. The van der Waals surface area contributed by atoms with E-state index < -0.39 is 0 Å². The summed E-state index contributed by atoms with van der Waals surface area (Å²) in [6.07, 6.45) is 0. The minimum atomic E-state index is -0.169. The molecular weight excluding hydrogens is 158 g/mol. The smallest absolute Gasteiger partial charge is 0.156 e. The van der Waals surface area contributed by atoms with E-state index in [9.17, 15) is 0 Å². The van der Waals surface area contributed by atoms with Crippen LogP contribution in [-0.2, 0) is 0 Å². The second-order valence-corrected chi connectivity index (χ2v) is 2.90. The maximum Gasteiger partial charge on any atom is 0.156 e. The van der Waals surface area contributed by atoms with Gasteiger partial charge in [0.2, 0.25) is 0 Å². The van der Waals surface area contributed by atoms with Crippen LogP contribution in [0.3, 0.4) is 0 Å². The van der Waals surface area contributed by atoms with Gasteiger partial charge >= 0.3 is 0 Å². The van der Waals surface area contributed by atoms with Crippen molar-refractivity contribution in [2.45, 2.75) is 25.9 Å². The summed E-state index contributed by atoms with van der Waals surface area (Å²) in [5.74, 6) is 0.151. The number of hydrogen-bond acceptors (Lipinski definition) is 4. The van der Waals surface area contributed by atoms with Crippen molar-refractivity contribution in [2.24, 2.45) is 10.9 Å². The molecule has 0 radical (unpaired) electrons. The molecule has 0 aromatic heterocycles. The predicted octanol–water partition coefficient (Wildman–Crippen LogP) is -0.566. The zero-order valence-corrected chi connectivity index (χ0v) is 7.73. The first-order chi connectivity index (χ1) is 5.54. The molecule has 2 unspecified atom stereocenters. The number of aliphatic hydroxyl groups is 1. The number of likely N-dealkylation sites (N-methyl/N-ethyl adjacent to an activating group) is 1. The summed E-state index contributed by atoms with van der Waals surface area (Å²) in [5, 5.41) is 20.1. The minimum Gasteiger partial charge on any atom is -0.409 e. The van der Waals surface area contributed by atoms with Crippen LogP contribution in [0.1, 0.15) is 13.8 Å². The summed E-state index contributed by atoms with van der Waals surface area (Å²) in [7, 11) is 1.81. The van der Waals surface area contributed by atoms with Crippen LogP contribution >= 0.6 is 0 Å². The summed E-state index contributed by atoms with van der Waals surface area (Å²) >= 11 is 0. The highest BCUT2D eigenvalue weighted by molar-refractivity contribution is 5.84. The molecule has 0 aliphatic heterocycles. The molecule has 72 valence electrons. The van der Waals surface area contributed by atoms with E-state index >= 15 is 0 Å². The third-order valence-corrected chi connectivity index (χ3v) is 2.11. The Labute approximate surface area is 72.5 Å². The Kier molecular flexibility index (Phi) is 4.61. The van der Waals surface area contributed by atoms with Crippen LogP contribution < -0.4 is 5.73 Å². The van der Waals surface area contributed by atoms with Gasteiger partial charge in [0.25, 0.3) is 0 Å². The maximum atomic E-state index is 8.82. The van der Waals surface area contributed by atoms with Crippen molar-refractivity contribution < 1.29 is 10.3 Å². The molecule has 0 bridgehead atoms. The topological polar surface area (TPSA) is 82.1 Å². The molecule has 0 amide bonds. The van der Waals surface area contributed by atoms with Crippen molar-refractivity contribution in [3.8, 4) is 0 Å². The Hall–Kier alpha value is -0.810. The lowest BCUT2D eigenvalue weighted by molar-refractivity contribution is 0.147. The van der Waals surface area contributed by atoms with Crippen LogP contribution in [0.25, 0.3) is 0 Å². The van der Waals surface area contributed by atoms with E-state index in [-0.39, 0.29) is 24.5 Å². The quantitative estimate of drug-likeness (QED) is 0.231. The zero-order chi connectivity index (χ0) is 9.72. The molecule has 0 saturated carbocycles. The molecule has 5 heteroatoms. The Balaban J connectivity index is 4.18. The van der Waals surface area contributed by atoms with Crippen LogP contribution in [0.2, 0.25) is 0 Å². The lowest BCUT2D eigenvalue weighted by Crippen LogP contribution is -2.46. The molecule has 0 saturated heterocycles. The fraction of sp³-hybridized carbons (Fsp3) is 0.857. The van der Waals surface area contributed by atoms with E-state index in [1.165, 1.54) is 0 Å². The SMILES string of the molecule is CC(CO)N(C)C(C)C(N)=NO. The van der Waals surface area contributed by atoms with Crippen molar-refractivity contribution in [3.05, 3.63) is 0 Å². The molecule has 12 heavy (non-hydrogen) atoms. The highest BCUT2D eigenvalue weighted by Gasteiger charge is 2.18. The van der Waals surface area contributed by atoms with Gasteiger partial charge < -0.3 is 16.0 Å². The molecule has 0 fully saturated rings. The van der Waals surface area contributed by atoms with Crippen molar-refractivity contribution in [3.63, 3.8) is 0 Å². The zero-order valence-electron chi connectivity index (χ0n) is 7.73. The Morgan fingerprint density at radius 1 is 1.58 bits per heavy atom. The number of hydrogen-bond donors (Lipinski definition) is 3. The second-order valence-electron chi connectivity index (χ2n) is 2.90. The van der Waals surface area contributed by atoms with Crippen LogP contribution in [-0.4, -0.2) is 46.8 Å². The van der Waals surface area contributed by atoms with Crippen LogP contribution in [0.4, 0.5) is 0 Å². The van der Waals surface area contributed by atoms with Gasteiger partial charge in [-0.3, -0.25) is 4.90 Å². The van der Waals surface area contributed by atoms with Gasteiger partial charge in [0.05, 0.1) is 12.6 Å². The summed E-state index contributed by atoms with van der Waals surface area (Å²) in [4.78, 5) is 1.83. The molecule has 0 heterocycles. The largest absolute Gasteiger partial charge is 0.409 e. The molecular formula is C7H17N3O2. The van der Waals surface area contributed by atoms with Crippen LogP contribution in [0.5, 0.6) is 0 Å². The fourth-order valence-corrected chi connectivity index (χ4v) is 0.803. The molecule has 0 rings (SSSR count). The average Bonchev–Trinajstić information content (AvgIpc) is 2.12. The number of amidine groups is 1. The Morgan fingerprint density at radius 3 is 2.42 bits per heavy atom. The molecule has 0 aromatic rings. The van der Waals surface area contributed by atoms with Gasteiger partial charge in [0.15, 0.2) is 5.84 Å². The molecule has 5 nitrogen and oxygen atoms in total. The molecule has 0 aliphatic rings. The number of aliphatic hydroxyl groups excluding tert-OH is 1. The first-order valence-electron chi connectivity index (χ1n) is 3.84. The molecule has 4 N–H and O–H groups in total. The number of nitrogens with two attached hydrogens (primary N) is 1. The third kappa shape index (κ3) is 2.67. The molecule has 0 aliphatic carbocycles. The van der Waals surface area contributed by atoms with Crippen molar-refractivity contribution in [1.82, 2.24) is 4.90 Å². The summed E-state index contributed by atoms with van der Waals surface area (Å²) in [6, 6.07) is -0.169. The van der Waals surface area contributed by atoms with E-state index in [2.05, 4.69) is 5.16 Å². The lowest BCUT2D eigenvalue weighted by Gasteiger charge is -2.28. The molecule has 0 aromatic carbocycles. The second kappa shape index (κ2) is 4.95.